The topological polar surface area (TPSA) is 62.6 Å². The van der Waals surface area contributed by atoms with Crippen LogP contribution in [-0.4, -0.2) is 35.1 Å². The Hall–Kier alpha value is -1.90. The largest absolute Gasteiger partial charge is 0.494 e. The molecule has 0 amide bonds. The first-order valence-electron chi connectivity index (χ1n) is 6.55. The number of halogens is 5. The number of benzene rings is 1. The molecule has 1 heterocycles. The highest BCUT2D eigenvalue weighted by Gasteiger charge is 2.56. The highest BCUT2D eigenvalue weighted by molar-refractivity contribution is 6.31. The molecule has 1 unspecified atom stereocenters. The summed E-state index contributed by atoms with van der Waals surface area (Å²) in [4.78, 5) is 3.76. The summed E-state index contributed by atoms with van der Waals surface area (Å²) in [6, 6.07) is 5.48. The number of hydrogen-bond acceptors (Lipinski definition) is 4. The summed E-state index contributed by atoms with van der Waals surface area (Å²) in [5.41, 5.74) is -4.28. The molecule has 0 saturated heterocycles. The van der Waals surface area contributed by atoms with Crippen LogP contribution in [0.3, 0.4) is 0 Å². The van der Waals surface area contributed by atoms with Crippen LogP contribution in [0.25, 0.3) is 11.3 Å². The molecule has 2 N–H and O–H groups in total. The molecular weight excluding hydrogens is 354 g/mol. The van der Waals surface area contributed by atoms with Crippen molar-refractivity contribution in [3.05, 3.63) is 46.9 Å². The van der Waals surface area contributed by atoms with Gasteiger partial charge in [0.25, 0.3) is 0 Å². The van der Waals surface area contributed by atoms with Crippen LogP contribution in [0.2, 0.25) is 5.02 Å². The zero-order valence-electron chi connectivity index (χ0n) is 12.2. The molecule has 0 aliphatic heterocycles. The number of aliphatic hydroxyl groups excluding tert-OH is 1. The number of rotatable bonds is 4. The average Bonchev–Trinajstić information content (AvgIpc) is 2.55. The normalized spacial score (nSPS) is 14.3. The molecule has 1 aromatic heterocycles. The maximum atomic E-state index is 13.3. The third-order valence-corrected chi connectivity index (χ3v) is 3.68. The minimum absolute atomic E-state index is 0.0869. The maximum Gasteiger partial charge on any atom is 0.425 e. The van der Waals surface area contributed by atoms with Crippen LogP contribution in [0, 0.1) is 5.82 Å². The average molecular weight is 366 g/mol. The predicted molar refractivity (Wildman–Crippen MR) is 78.2 cm³/mol. The van der Waals surface area contributed by atoms with Crippen LogP contribution in [-0.2, 0) is 5.60 Å². The van der Waals surface area contributed by atoms with Gasteiger partial charge in [-0.3, -0.25) is 0 Å². The molecule has 0 radical (unpaired) electrons. The second kappa shape index (κ2) is 6.54. The van der Waals surface area contributed by atoms with E-state index in [1.54, 1.807) is 0 Å². The molecule has 9 heteroatoms. The van der Waals surface area contributed by atoms with Gasteiger partial charge in [-0.05, 0) is 30.3 Å². The van der Waals surface area contributed by atoms with Crippen molar-refractivity contribution in [2.24, 2.45) is 0 Å². The molecule has 0 bridgehead atoms. The van der Waals surface area contributed by atoms with Gasteiger partial charge >= 0.3 is 6.18 Å². The lowest BCUT2D eigenvalue weighted by molar-refractivity contribution is -0.279. The van der Waals surface area contributed by atoms with Crippen LogP contribution in [0.5, 0.6) is 5.75 Å². The van der Waals surface area contributed by atoms with Crippen LogP contribution in [0.15, 0.2) is 30.3 Å². The highest BCUT2D eigenvalue weighted by Crippen LogP contribution is 2.40. The molecule has 2 rings (SSSR count). The molecule has 1 atom stereocenters. The number of alkyl halides is 3. The Kier molecular flexibility index (Phi) is 5.03. The van der Waals surface area contributed by atoms with Gasteiger partial charge in [-0.1, -0.05) is 11.6 Å². The van der Waals surface area contributed by atoms with E-state index >= 15 is 0 Å². The molecule has 0 fully saturated rings. The first kappa shape index (κ1) is 18.4. The van der Waals surface area contributed by atoms with Gasteiger partial charge in [0.1, 0.15) is 17.3 Å². The smallest absolute Gasteiger partial charge is 0.425 e. The first-order valence-corrected chi connectivity index (χ1v) is 6.92. The molecule has 1 aromatic carbocycles. The lowest BCUT2D eigenvalue weighted by atomic mass is 9.98. The molecule has 0 aliphatic rings. The molecule has 24 heavy (non-hydrogen) atoms. The Labute approximate surface area is 139 Å². The molecule has 130 valence electrons. The fourth-order valence-corrected chi connectivity index (χ4v) is 2.19. The van der Waals surface area contributed by atoms with E-state index in [2.05, 4.69) is 4.98 Å². The van der Waals surface area contributed by atoms with E-state index in [1.165, 1.54) is 13.2 Å². The Balaban J connectivity index is 2.66. The van der Waals surface area contributed by atoms with Gasteiger partial charge in [0, 0.05) is 5.56 Å². The van der Waals surface area contributed by atoms with E-state index in [0.29, 0.717) is 0 Å². The molecule has 0 saturated carbocycles. The standard InChI is InChI=1S/C15H12ClF4NO3/c1-24-11-4-5-12(14(23,7-22)15(18,19)20)21-13(11)8-2-3-10(17)9(16)6-8/h2-6,22-23H,7H2,1H3. The van der Waals surface area contributed by atoms with Gasteiger partial charge in [0.15, 0.2) is 0 Å². The predicted octanol–water partition coefficient (Wildman–Crippen LogP) is 3.29. The Morgan fingerprint density at radius 3 is 2.38 bits per heavy atom. The summed E-state index contributed by atoms with van der Waals surface area (Å²) in [6.07, 6.45) is -5.15. The van der Waals surface area contributed by atoms with Gasteiger partial charge in [-0.25, -0.2) is 9.37 Å². The quantitative estimate of drug-likeness (QED) is 0.816. The van der Waals surface area contributed by atoms with Crippen molar-refractivity contribution in [2.45, 2.75) is 11.8 Å². The molecule has 4 nitrogen and oxygen atoms in total. The third kappa shape index (κ3) is 3.17. The SMILES string of the molecule is COc1ccc(C(O)(CO)C(F)(F)F)nc1-c1ccc(F)c(Cl)c1. The van der Waals surface area contributed by atoms with Crippen LogP contribution < -0.4 is 4.74 Å². The Morgan fingerprint density at radius 1 is 1.21 bits per heavy atom. The lowest BCUT2D eigenvalue weighted by Gasteiger charge is -2.28. The minimum Gasteiger partial charge on any atom is -0.494 e. The second-order valence-corrected chi connectivity index (χ2v) is 5.30. The lowest BCUT2D eigenvalue weighted by Crippen LogP contribution is -2.46. The van der Waals surface area contributed by atoms with E-state index in [1.807, 2.05) is 0 Å². The summed E-state index contributed by atoms with van der Waals surface area (Å²) < 4.78 is 57.5. The number of aromatic nitrogens is 1. The molecule has 2 aromatic rings. The minimum atomic E-state index is -5.15. The fraction of sp³-hybridized carbons (Fsp3) is 0.267. The van der Waals surface area contributed by atoms with E-state index in [4.69, 9.17) is 21.4 Å². The number of aliphatic hydroxyl groups is 2. The van der Waals surface area contributed by atoms with Crippen molar-refractivity contribution in [3.63, 3.8) is 0 Å². The van der Waals surface area contributed by atoms with E-state index in [-0.39, 0.29) is 22.0 Å². The van der Waals surface area contributed by atoms with Crippen LogP contribution >= 0.6 is 11.6 Å². The first-order chi connectivity index (χ1) is 11.1. The van der Waals surface area contributed by atoms with Gasteiger partial charge in [0.05, 0.1) is 24.4 Å². The number of pyridine rings is 1. The summed E-state index contributed by atoms with van der Waals surface area (Å²) >= 11 is 5.68. The zero-order chi connectivity index (χ0) is 18.1. The van der Waals surface area contributed by atoms with Crippen molar-refractivity contribution >= 4 is 11.6 Å². The van der Waals surface area contributed by atoms with Gasteiger partial charge in [-0.15, -0.1) is 0 Å². The summed E-state index contributed by atoms with van der Waals surface area (Å²) in [6.45, 7) is -1.61. The Bertz CT molecular complexity index is 754. The third-order valence-electron chi connectivity index (χ3n) is 3.39. The van der Waals surface area contributed by atoms with Crippen molar-refractivity contribution in [2.75, 3.05) is 13.7 Å². The van der Waals surface area contributed by atoms with E-state index < -0.39 is 29.9 Å². The van der Waals surface area contributed by atoms with Gasteiger partial charge in [0.2, 0.25) is 5.60 Å². The fourth-order valence-electron chi connectivity index (χ4n) is 2.01. The zero-order valence-corrected chi connectivity index (χ0v) is 13.0. The second-order valence-electron chi connectivity index (χ2n) is 4.89. The van der Waals surface area contributed by atoms with Crippen molar-refractivity contribution in [1.29, 1.82) is 0 Å². The van der Waals surface area contributed by atoms with Crippen molar-refractivity contribution < 1.29 is 32.5 Å². The van der Waals surface area contributed by atoms with Crippen molar-refractivity contribution in [1.82, 2.24) is 4.98 Å². The van der Waals surface area contributed by atoms with Gasteiger partial charge < -0.3 is 14.9 Å². The number of ether oxygens (including phenoxy) is 1. The van der Waals surface area contributed by atoms with Crippen molar-refractivity contribution in [3.8, 4) is 17.0 Å². The van der Waals surface area contributed by atoms with Crippen LogP contribution in [0.4, 0.5) is 17.6 Å². The van der Waals surface area contributed by atoms with E-state index in [0.717, 1.165) is 24.3 Å². The monoisotopic (exact) mass is 365 g/mol. The summed E-state index contributed by atoms with van der Waals surface area (Å²) in [5, 5.41) is 18.6. The van der Waals surface area contributed by atoms with Crippen LogP contribution in [0.1, 0.15) is 5.69 Å². The van der Waals surface area contributed by atoms with Gasteiger partial charge in [-0.2, -0.15) is 13.2 Å². The van der Waals surface area contributed by atoms with E-state index in [9.17, 15) is 22.7 Å². The number of hydrogen-bond donors (Lipinski definition) is 2. The maximum absolute atomic E-state index is 13.3. The summed E-state index contributed by atoms with van der Waals surface area (Å²) in [7, 11) is 1.27. The number of methoxy groups -OCH3 is 1. The molecular formula is C15H12ClF4NO3. The molecule has 0 spiro atoms. The summed E-state index contributed by atoms with van der Waals surface area (Å²) in [5.74, 6) is -0.624. The Morgan fingerprint density at radius 2 is 1.88 bits per heavy atom. The molecule has 0 aliphatic carbocycles. The highest BCUT2D eigenvalue weighted by atomic mass is 35.5. The number of nitrogens with zero attached hydrogens (tertiary/aromatic N) is 1.